The van der Waals surface area contributed by atoms with Gasteiger partial charge in [0.2, 0.25) is 5.88 Å². The summed E-state index contributed by atoms with van der Waals surface area (Å²) in [7, 11) is 3.60. The molecule has 0 aliphatic rings. The van der Waals surface area contributed by atoms with E-state index in [-0.39, 0.29) is 5.92 Å². The Balaban J connectivity index is 2.00. The summed E-state index contributed by atoms with van der Waals surface area (Å²) in [4.78, 5) is 4.53. The van der Waals surface area contributed by atoms with Gasteiger partial charge < -0.3 is 10.1 Å². The van der Waals surface area contributed by atoms with Crippen molar-refractivity contribution in [3.05, 3.63) is 53.9 Å². The molecule has 1 aromatic carbocycles. The first-order chi connectivity index (χ1) is 10.8. The van der Waals surface area contributed by atoms with Gasteiger partial charge in [-0.05, 0) is 49.8 Å². The third-order valence-corrected chi connectivity index (χ3v) is 3.88. The minimum absolute atomic E-state index is 0.257. The molecule has 2 N–H and O–H groups in total. The van der Waals surface area contributed by atoms with E-state index in [9.17, 15) is 0 Å². The number of hydrogen-bond donors (Lipinski definition) is 2. The highest BCUT2D eigenvalue weighted by atomic mass is 16.5. The smallest absolute Gasteiger partial charge is 0.240 e. The molecule has 0 unspecified atom stereocenters. The number of ether oxygens (including phenoxy) is 1. The largest absolute Gasteiger partial charge is 0.480 e. The fraction of sp³-hybridized carbons (Fsp3) is 0.294. The summed E-state index contributed by atoms with van der Waals surface area (Å²) < 4.78 is 5.25. The maximum atomic E-state index is 5.25. The summed E-state index contributed by atoms with van der Waals surface area (Å²) in [6.45, 7) is 0.936. The highest BCUT2D eigenvalue weighted by Gasteiger charge is 2.16. The maximum Gasteiger partial charge on any atom is 0.240 e. The summed E-state index contributed by atoms with van der Waals surface area (Å²) in [6.07, 6.45) is 2.84. The zero-order chi connectivity index (χ0) is 15.4. The van der Waals surface area contributed by atoms with Gasteiger partial charge in [-0.25, -0.2) is 0 Å². The van der Waals surface area contributed by atoms with Crippen molar-refractivity contribution in [2.24, 2.45) is 0 Å². The monoisotopic (exact) mass is 296 g/mol. The molecule has 2 aromatic heterocycles. The molecule has 5 nitrogen and oxygen atoms in total. The topological polar surface area (TPSA) is 62.8 Å². The highest BCUT2D eigenvalue weighted by molar-refractivity contribution is 5.84. The molecule has 2 heterocycles. The molecule has 1 atom stereocenters. The molecule has 0 saturated heterocycles. The number of H-pyrrole nitrogens is 1. The van der Waals surface area contributed by atoms with Crippen LogP contribution in [0.4, 0.5) is 0 Å². The second-order valence-corrected chi connectivity index (χ2v) is 5.24. The van der Waals surface area contributed by atoms with Gasteiger partial charge in [0.05, 0.1) is 18.0 Å². The van der Waals surface area contributed by atoms with Crippen molar-refractivity contribution in [1.29, 1.82) is 0 Å². The molecule has 0 fully saturated rings. The van der Waals surface area contributed by atoms with E-state index >= 15 is 0 Å². The van der Waals surface area contributed by atoms with Gasteiger partial charge in [-0.15, -0.1) is 5.10 Å². The minimum Gasteiger partial charge on any atom is -0.480 e. The first-order valence-corrected chi connectivity index (χ1v) is 7.41. The number of aromatic nitrogens is 3. The van der Waals surface area contributed by atoms with Crippen molar-refractivity contribution in [1.82, 2.24) is 20.5 Å². The van der Waals surface area contributed by atoms with E-state index in [1.165, 1.54) is 5.56 Å². The predicted octanol–water partition coefficient (Wildman–Crippen LogP) is 2.71. The standard InChI is InChI=1S/C17H20N4O/c1-18-10-8-13(15-5-3-4-9-19-15)12-6-7-14-16(11-12)20-21-17(14)22-2/h3-7,9,11,13,18H,8,10H2,1-2H3,(H,20,21)/t13-/m0/s1. The van der Waals surface area contributed by atoms with Crippen LogP contribution in [0.5, 0.6) is 5.88 Å². The van der Waals surface area contributed by atoms with Crippen molar-refractivity contribution >= 4 is 10.9 Å². The van der Waals surface area contributed by atoms with Crippen molar-refractivity contribution in [3.63, 3.8) is 0 Å². The molecule has 0 aliphatic heterocycles. The number of aromatic amines is 1. The average molecular weight is 296 g/mol. The third-order valence-electron chi connectivity index (χ3n) is 3.88. The molecular weight excluding hydrogens is 276 g/mol. The van der Waals surface area contributed by atoms with E-state index < -0.39 is 0 Å². The van der Waals surface area contributed by atoms with Crippen LogP contribution in [0, 0.1) is 0 Å². The lowest BCUT2D eigenvalue weighted by Crippen LogP contribution is -2.14. The molecular formula is C17H20N4O. The van der Waals surface area contributed by atoms with Gasteiger partial charge in [-0.3, -0.25) is 10.1 Å². The first kappa shape index (κ1) is 14.5. The Hall–Kier alpha value is -2.40. The molecule has 0 amide bonds. The Labute approximate surface area is 129 Å². The van der Waals surface area contributed by atoms with Crippen molar-refractivity contribution in [2.75, 3.05) is 20.7 Å². The van der Waals surface area contributed by atoms with Gasteiger partial charge in [-0.1, -0.05) is 12.1 Å². The number of fused-ring (bicyclic) bond motifs is 1. The number of rotatable bonds is 6. The molecule has 0 aliphatic carbocycles. The fourth-order valence-electron chi connectivity index (χ4n) is 2.74. The summed E-state index contributed by atoms with van der Waals surface area (Å²) in [5.41, 5.74) is 3.30. The summed E-state index contributed by atoms with van der Waals surface area (Å²) in [5.74, 6) is 0.888. The molecule has 5 heteroatoms. The van der Waals surface area contributed by atoms with Gasteiger partial charge in [0.15, 0.2) is 0 Å². The zero-order valence-corrected chi connectivity index (χ0v) is 12.8. The number of nitrogens with zero attached hydrogens (tertiary/aromatic N) is 2. The zero-order valence-electron chi connectivity index (χ0n) is 12.8. The minimum atomic E-state index is 0.257. The van der Waals surface area contributed by atoms with Gasteiger partial charge >= 0.3 is 0 Å². The second-order valence-electron chi connectivity index (χ2n) is 5.24. The Bertz CT molecular complexity index is 739. The van der Waals surface area contributed by atoms with E-state index in [0.29, 0.717) is 5.88 Å². The van der Waals surface area contributed by atoms with Crippen molar-refractivity contribution in [2.45, 2.75) is 12.3 Å². The molecule has 3 rings (SSSR count). The van der Waals surface area contributed by atoms with Crippen molar-refractivity contribution < 1.29 is 4.74 Å². The number of methoxy groups -OCH3 is 1. The molecule has 114 valence electrons. The maximum absolute atomic E-state index is 5.25. The lowest BCUT2D eigenvalue weighted by atomic mass is 9.91. The van der Waals surface area contributed by atoms with Crippen LogP contribution in [-0.4, -0.2) is 35.9 Å². The van der Waals surface area contributed by atoms with E-state index in [2.05, 4.69) is 44.8 Å². The molecule has 0 spiro atoms. The van der Waals surface area contributed by atoms with Gasteiger partial charge in [0.25, 0.3) is 0 Å². The van der Waals surface area contributed by atoms with E-state index in [4.69, 9.17) is 4.74 Å². The Morgan fingerprint density at radius 2 is 2.18 bits per heavy atom. The van der Waals surface area contributed by atoms with Gasteiger partial charge in [-0.2, -0.15) is 0 Å². The summed E-state index contributed by atoms with van der Waals surface area (Å²) in [6, 6.07) is 12.4. The first-order valence-electron chi connectivity index (χ1n) is 7.41. The number of pyridine rings is 1. The normalized spacial score (nSPS) is 12.5. The fourth-order valence-corrected chi connectivity index (χ4v) is 2.74. The van der Waals surface area contributed by atoms with Crippen LogP contribution in [0.2, 0.25) is 0 Å². The molecule has 0 bridgehead atoms. The lowest BCUT2D eigenvalue weighted by Gasteiger charge is -2.17. The van der Waals surface area contributed by atoms with Crippen LogP contribution in [-0.2, 0) is 0 Å². The van der Waals surface area contributed by atoms with E-state index in [0.717, 1.165) is 29.6 Å². The van der Waals surface area contributed by atoms with E-state index in [1.54, 1.807) is 7.11 Å². The van der Waals surface area contributed by atoms with E-state index in [1.807, 2.05) is 25.4 Å². The van der Waals surface area contributed by atoms with Crippen LogP contribution in [0.1, 0.15) is 23.6 Å². The average Bonchev–Trinajstić information content (AvgIpc) is 2.98. The quantitative estimate of drug-likeness (QED) is 0.734. The molecule has 22 heavy (non-hydrogen) atoms. The molecule has 3 aromatic rings. The van der Waals surface area contributed by atoms with Crippen molar-refractivity contribution in [3.8, 4) is 5.88 Å². The number of hydrogen-bond acceptors (Lipinski definition) is 4. The Kier molecular flexibility index (Phi) is 4.34. The molecule has 0 saturated carbocycles. The SMILES string of the molecule is CNCC[C@@H](c1ccc2c(OC)n[nH]c2c1)c1ccccn1. The summed E-state index contributed by atoms with van der Waals surface area (Å²) >= 11 is 0. The predicted molar refractivity (Wildman–Crippen MR) is 87.3 cm³/mol. The summed E-state index contributed by atoms with van der Waals surface area (Å²) in [5, 5.41) is 11.4. The third kappa shape index (κ3) is 2.80. The number of nitrogens with one attached hydrogen (secondary N) is 2. The van der Waals surface area contributed by atoms with Gasteiger partial charge in [0.1, 0.15) is 0 Å². The second kappa shape index (κ2) is 6.58. The van der Waals surface area contributed by atoms with Crippen LogP contribution in [0.15, 0.2) is 42.6 Å². The Morgan fingerprint density at radius 3 is 2.91 bits per heavy atom. The highest BCUT2D eigenvalue weighted by Crippen LogP contribution is 2.30. The Morgan fingerprint density at radius 1 is 1.27 bits per heavy atom. The molecule has 0 radical (unpaired) electrons. The van der Waals surface area contributed by atoms with Crippen LogP contribution in [0.3, 0.4) is 0 Å². The van der Waals surface area contributed by atoms with Crippen LogP contribution < -0.4 is 10.1 Å². The van der Waals surface area contributed by atoms with Crippen LogP contribution in [0.25, 0.3) is 10.9 Å². The van der Waals surface area contributed by atoms with Crippen LogP contribution >= 0.6 is 0 Å². The number of benzene rings is 1. The lowest BCUT2D eigenvalue weighted by molar-refractivity contribution is 0.401. The van der Waals surface area contributed by atoms with Gasteiger partial charge in [0, 0.05) is 17.8 Å².